The molecule has 1 heteroatoms. The van der Waals surface area contributed by atoms with Crippen LogP contribution in [0.25, 0.3) is 0 Å². The highest BCUT2D eigenvalue weighted by molar-refractivity contribution is 7.15. The summed E-state index contributed by atoms with van der Waals surface area (Å²) in [6, 6.07) is 2.27. The molecule has 12 heavy (non-hydrogen) atoms. The Kier molecular flexibility index (Phi) is 2.90. The maximum atomic E-state index is 2.81. The molecule has 0 saturated heterocycles. The Morgan fingerprint density at radius 3 is 1.75 bits per heavy atom. The van der Waals surface area contributed by atoms with Crippen LogP contribution in [0.4, 0.5) is 0 Å². The lowest BCUT2D eigenvalue weighted by Gasteiger charge is -2.13. The van der Waals surface area contributed by atoms with Gasteiger partial charge in [0, 0.05) is 0 Å². The van der Waals surface area contributed by atoms with Gasteiger partial charge in [-0.1, -0.05) is 6.07 Å². The van der Waals surface area contributed by atoms with Crippen LogP contribution in [-0.2, 0) is 6.16 Å². The molecule has 0 amide bonds. The molecule has 0 saturated carbocycles. The highest BCUT2D eigenvalue weighted by Gasteiger charge is 2.05. The number of rotatable bonds is 1. The highest BCUT2D eigenvalue weighted by Crippen LogP contribution is 2.23. The van der Waals surface area contributed by atoms with E-state index in [9.17, 15) is 0 Å². The second-order valence-electron chi connectivity index (χ2n) is 3.44. The molecule has 66 valence electrons. The third-order valence-corrected chi connectivity index (χ3v) is 3.13. The molecule has 0 aliphatic rings. The van der Waals surface area contributed by atoms with Crippen molar-refractivity contribution in [3.63, 3.8) is 0 Å². The largest absolute Gasteiger partial charge is 0.133 e. The number of aryl methyl sites for hydroxylation is 2. The summed E-state index contributed by atoms with van der Waals surface area (Å²) in [5.74, 6) is 0. The van der Waals surface area contributed by atoms with E-state index in [1.807, 2.05) is 0 Å². The highest BCUT2D eigenvalue weighted by atomic mass is 31.0. The van der Waals surface area contributed by atoms with Crippen molar-refractivity contribution in [1.82, 2.24) is 0 Å². The number of benzene rings is 1. The van der Waals surface area contributed by atoms with Gasteiger partial charge in [0.05, 0.1) is 0 Å². The van der Waals surface area contributed by atoms with Crippen LogP contribution in [0.5, 0.6) is 0 Å². The Hall–Kier alpha value is -0.350. The molecule has 1 aromatic rings. The third kappa shape index (κ3) is 1.54. The van der Waals surface area contributed by atoms with Crippen molar-refractivity contribution >= 4 is 9.24 Å². The van der Waals surface area contributed by atoms with Gasteiger partial charge in [-0.2, -0.15) is 0 Å². The fourth-order valence-corrected chi connectivity index (χ4v) is 2.22. The molecule has 0 fully saturated rings. The Bertz CT molecular complexity index is 274. The fourth-order valence-electron chi connectivity index (χ4n) is 1.60. The number of hydrogen-bond acceptors (Lipinski definition) is 0. The standard InChI is InChI=1S/C11H17P/c1-7-5-8(2)10(4)11(6-12)9(7)3/h5H,6,12H2,1-4H3. The van der Waals surface area contributed by atoms with Crippen LogP contribution in [-0.4, -0.2) is 0 Å². The zero-order valence-electron chi connectivity index (χ0n) is 8.36. The first kappa shape index (κ1) is 9.74. The van der Waals surface area contributed by atoms with E-state index < -0.39 is 0 Å². The smallest absolute Gasteiger partial charge is 0.0123 e. The summed E-state index contributed by atoms with van der Waals surface area (Å²) in [6.07, 6.45) is 1.07. The second-order valence-corrected chi connectivity index (χ2v) is 3.85. The van der Waals surface area contributed by atoms with Crippen LogP contribution < -0.4 is 0 Å². The van der Waals surface area contributed by atoms with Gasteiger partial charge in [0.2, 0.25) is 0 Å². The minimum atomic E-state index is 1.07. The van der Waals surface area contributed by atoms with E-state index in [1.165, 1.54) is 27.8 Å². The van der Waals surface area contributed by atoms with Gasteiger partial charge in [0.1, 0.15) is 0 Å². The molecule has 0 nitrogen and oxygen atoms in total. The Balaban J connectivity index is 3.42. The summed E-state index contributed by atoms with van der Waals surface area (Å²) < 4.78 is 0. The SMILES string of the molecule is Cc1cc(C)c(C)c(CP)c1C. The van der Waals surface area contributed by atoms with Crippen molar-refractivity contribution in [2.24, 2.45) is 0 Å². The van der Waals surface area contributed by atoms with E-state index in [0.717, 1.165) is 6.16 Å². The minimum absolute atomic E-state index is 1.07. The fraction of sp³-hybridized carbons (Fsp3) is 0.455. The van der Waals surface area contributed by atoms with Crippen molar-refractivity contribution in [3.05, 3.63) is 33.9 Å². The van der Waals surface area contributed by atoms with Gasteiger partial charge in [0.15, 0.2) is 0 Å². The molecule has 0 aliphatic carbocycles. The molecule has 0 N–H and O–H groups in total. The van der Waals surface area contributed by atoms with Crippen LogP contribution in [0.2, 0.25) is 0 Å². The van der Waals surface area contributed by atoms with E-state index in [-0.39, 0.29) is 0 Å². The molecule has 1 aromatic carbocycles. The predicted molar refractivity (Wildman–Crippen MR) is 58.8 cm³/mol. The quantitative estimate of drug-likeness (QED) is 0.582. The molecule has 0 bridgehead atoms. The van der Waals surface area contributed by atoms with Crippen LogP contribution >= 0.6 is 9.24 Å². The molecule has 0 heterocycles. The molecule has 1 unspecified atom stereocenters. The topological polar surface area (TPSA) is 0 Å². The first-order valence-corrected chi connectivity index (χ1v) is 5.16. The molecule has 1 rings (SSSR count). The van der Waals surface area contributed by atoms with Gasteiger partial charge in [0.25, 0.3) is 0 Å². The molecule has 0 radical (unpaired) electrons. The Labute approximate surface area is 77.6 Å². The van der Waals surface area contributed by atoms with E-state index in [2.05, 4.69) is 43.0 Å². The van der Waals surface area contributed by atoms with Gasteiger partial charge >= 0.3 is 0 Å². The predicted octanol–water partition coefficient (Wildman–Crippen LogP) is 3.30. The monoisotopic (exact) mass is 180 g/mol. The van der Waals surface area contributed by atoms with Gasteiger partial charge in [-0.05, 0) is 61.7 Å². The van der Waals surface area contributed by atoms with Gasteiger partial charge in [-0.15, -0.1) is 9.24 Å². The Morgan fingerprint density at radius 1 is 1.00 bits per heavy atom. The summed E-state index contributed by atoms with van der Waals surface area (Å²) in [5, 5.41) is 0. The van der Waals surface area contributed by atoms with Crippen LogP contribution in [0.3, 0.4) is 0 Å². The van der Waals surface area contributed by atoms with Crippen LogP contribution in [0.1, 0.15) is 27.8 Å². The lowest BCUT2D eigenvalue weighted by molar-refractivity contribution is 1.16. The third-order valence-electron chi connectivity index (χ3n) is 2.73. The molecular formula is C11H17P. The van der Waals surface area contributed by atoms with Crippen molar-refractivity contribution in [1.29, 1.82) is 0 Å². The van der Waals surface area contributed by atoms with E-state index in [1.54, 1.807) is 0 Å². The lowest BCUT2D eigenvalue weighted by atomic mass is 9.95. The Morgan fingerprint density at radius 2 is 1.42 bits per heavy atom. The molecule has 0 spiro atoms. The molecule has 0 aromatic heterocycles. The van der Waals surface area contributed by atoms with Crippen molar-refractivity contribution in [3.8, 4) is 0 Å². The molecule has 0 aliphatic heterocycles. The summed E-state index contributed by atoms with van der Waals surface area (Å²) >= 11 is 0. The van der Waals surface area contributed by atoms with Gasteiger partial charge in [-0.3, -0.25) is 0 Å². The van der Waals surface area contributed by atoms with E-state index in [0.29, 0.717) is 0 Å². The molecule has 1 atom stereocenters. The maximum Gasteiger partial charge on any atom is -0.0123 e. The average molecular weight is 180 g/mol. The normalized spacial score (nSPS) is 10.4. The van der Waals surface area contributed by atoms with E-state index in [4.69, 9.17) is 0 Å². The zero-order chi connectivity index (χ0) is 9.30. The minimum Gasteiger partial charge on any atom is -0.133 e. The summed E-state index contributed by atoms with van der Waals surface area (Å²) in [4.78, 5) is 0. The van der Waals surface area contributed by atoms with Gasteiger partial charge < -0.3 is 0 Å². The van der Waals surface area contributed by atoms with Crippen molar-refractivity contribution < 1.29 is 0 Å². The average Bonchev–Trinajstić information content (AvgIpc) is 2.02. The zero-order valence-corrected chi connectivity index (χ0v) is 9.52. The van der Waals surface area contributed by atoms with Gasteiger partial charge in [-0.25, -0.2) is 0 Å². The maximum absolute atomic E-state index is 2.81. The summed E-state index contributed by atoms with van der Waals surface area (Å²) in [7, 11) is 2.81. The van der Waals surface area contributed by atoms with Crippen molar-refractivity contribution in [2.75, 3.05) is 0 Å². The number of hydrogen-bond donors (Lipinski definition) is 0. The first-order chi connectivity index (χ1) is 5.57. The molecular weight excluding hydrogens is 163 g/mol. The van der Waals surface area contributed by atoms with E-state index >= 15 is 0 Å². The van der Waals surface area contributed by atoms with Crippen molar-refractivity contribution in [2.45, 2.75) is 33.9 Å². The second kappa shape index (κ2) is 3.58. The lowest BCUT2D eigenvalue weighted by Crippen LogP contribution is -1.96. The summed E-state index contributed by atoms with van der Waals surface area (Å²) in [6.45, 7) is 8.79. The summed E-state index contributed by atoms with van der Waals surface area (Å²) in [5.41, 5.74) is 7.23. The van der Waals surface area contributed by atoms with Crippen LogP contribution in [0.15, 0.2) is 6.07 Å². The van der Waals surface area contributed by atoms with Crippen LogP contribution in [0, 0.1) is 27.7 Å². The first-order valence-electron chi connectivity index (χ1n) is 4.34.